The molecule has 1 saturated carbocycles. The van der Waals surface area contributed by atoms with Gasteiger partial charge in [0.25, 0.3) is 0 Å². The van der Waals surface area contributed by atoms with E-state index in [4.69, 9.17) is 17.0 Å². The molecule has 0 spiro atoms. The second-order valence-corrected chi connectivity index (χ2v) is 8.94. The third-order valence-electron chi connectivity index (χ3n) is 6.61. The van der Waals surface area contributed by atoms with E-state index in [2.05, 4.69) is 56.3 Å². The Hall–Kier alpha value is -2.86. The lowest BCUT2D eigenvalue weighted by Gasteiger charge is -2.32. The van der Waals surface area contributed by atoms with Crippen LogP contribution >= 0.6 is 12.2 Å². The van der Waals surface area contributed by atoms with Crippen molar-refractivity contribution in [1.82, 2.24) is 14.9 Å². The normalized spacial score (nSPS) is 21.5. The number of nitrogens with one attached hydrogen (secondary N) is 1. The molecule has 0 unspecified atom stereocenters. The number of nitrogens with zero attached hydrogens (tertiary/aromatic N) is 3. The first-order valence-electron chi connectivity index (χ1n) is 11.7. The van der Waals surface area contributed by atoms with Crippen LogP contribution in [0.1, 0.15) is 68.5 Å². The minimum Gasteiger partial charge on any atom is -0.494 e. The van der Waals surface area contributed by atoms with Crippen molar-refractivity contribution >= 4 is 23.0 Å². The maximum atomic E-state index is 5.88. The summed E-state index contributed by atoms with van der Waals surface area (Å²) < 4.78 is 8.15. The molecule has 1 N–H and O–H groups in total. The fraction of sp³-hybridized carbons (Fsp3) is 0.385. The van der Waals surface area contributed by atoms with Crippen molar-refractivity contribution < 1.29 is 4.74 Å². The van der Waals surface area contributed by atoms with Crippen molar-refractivity contribution in [2.24, 2.45) is 0 Å². The average Bonchev–Trinajstić information content (AvgIpc) is 3.45. The SMILES string of the molecule is CCOc1ccc(N2C(=S)N[C@H](c3ccccn3)[C@@H]2c2cccn2C2CCCCC2)cc1. The zero-order valence-corrected chi connectivity index (χ0v) is 19.3. The molecule has 5 nitrogen and oxygen atoms in total. The molecule has 3 aromatic rings. The number of aromatic nitrogens is 2. The van der Waals surface area contributed by atoms with Crippen molar-refractivity contribution in [3.05, 3.63) is 78.4 Å². The summed E-state index contributed by atoms with van der Waals surface area (Å²) in [5, 5.41) is 4.31. The van der Waals surface area contributed by atoms with E-state index in [0.29, 0.717) is 12.6 Å². The Morgan fingerprint density at radius 2 is 1.84 bits per heavy atom. The third kappa shape index (κ3) is 3.99. The van der Waals surface area contributed by atoms with E-state index >= 15 is 0 Å². The zero-order valence-electron chi connectivity index (χ0n) is 18.5. The van der Waals surface area contributed by atoms with Crippen LogP contribution in [0.25, 0.3) is 0 Å². The predicted octanol–water partition coefficient (Wildman–Crippen LogP) is 5.96. The molecule has 1 saturated heterocycles. The molecule has 0 bridgehead atoms. The Morgan fingerprint density at radius 1 is 1.03 bits per heavy atom. The Labute approximate surface area is 195 Å². The van der Waals surface area contributed by atoms with E-state index in [0.717, 1.165) is 22.2 Å². The standard InChI is InChI=1S/C26H30N4OS/c1-2-31-21-15-13-20(14-16-21)30-25(24(28-26(30)32)22-11-6-7-17-27-22)23-12-8-18-29(23)19-9-4-3-5-10-19/h6-8,11-19,24-25H,2-5,9-10H2,1H3,(H,28,32)/t24-,25+/m1/s1. The van der Waals surface area contributed by atoms with Crippen LogP contribution in [0.3, 0.4) is 0 Å². The van der Waals surface area contributed by atoms with Crippen LogP contribution in [0.4, 0.5) is 5.69 Å². The summed E-state index contributed by atoms with van der Waals surface area (Å²) in [6, 6.07) is 19.3. The van der Waals surface area contributed by atoms with Crippen LogP contribution in [0, 0.1) is 0 Å². The highest BCUT2D eigenvalue weighted by Crippen LogP contribution is 2.43. The molecule has 1 aromatic carbocycles. The molecule has 32 heavy (non-hydrogen) atoms. The molecule has 1 aliphatic heterocycles. The number of hydrogen-bond acceptors (Lipinski definition) is 3. The topological polar surface area (TPSA) is 42.3 Å². The Morgan fingerprint density at radius 3 is 2.56 bits per heavy atom. The molecule has 5 rings (SSSR count). The minimum atomic E-state index is -0.0208. The second-order valence-electron chi connectivity index (χ2n) is 8.56. The van der Waals surface area contributed by atoms with Gasteiger partial charge in [-0.05, 0) is 80.5 Å². The molecule has 3 heterocycles. The number of rotatable bonds is 6. The number of ether oxygens (including phenoxy) is 1. The van der Waals surface area contributed by atoms with Gasteiger partial charge in [0, 0.05) is 29.8 Å². The molecular formula is C26H30N4OS. The fourth-order valence-electron chi connectivity index (χ4n) is 5.15. The van der Waals surface area contributed by atoms with Gasteiger partial charge in [0.2, 0.25) is 0 Å². The molecular weight excluding hydrogens is 416 g/mol. The third-order valence-corrected chi connectivity index (χ3v) is 6.92. The van der Waals surface area contributed by atoms with Gasteiger partial charge in [0.15, 0.2) is 5.11 Å². The molecule has 6 heteroatoms. The first kappa shape index (κ1) is 21.0. The number of hydrogen-bond donors (Lipinski definition) is 1. The molecule has 2 atom stereocenters. The van der Waals surface area contributed by atoms with E-state index in [9.17, 15) is 0 Å². The second kappa shape index (κ2) is 9.33. The molecule has 0 radical (unpaired) electrons. The molecule has 2 aliphatic rings. The van der Waals surface area contributed by atoms with E-state index in [1.54, 1.807) is 0 Å². The van der Waals surface area contributed by atoms with Crippen LogP contribution in [-0.2, 0) is 0 Å². The van der Waals surface area contributed by atoms with Gasteiger partial charge in [-0.15, -0.1) is 0 Å². The summed E-state index contributed by atoms with van der Waals surface area (Å²) in [6.45, 7) is 2.66. The lowest BCUT2D eigenvalue weighted by molar-refractivity contribution is 0.339. The Balaban J connectivity index is 1.57. The van der Waals surface area contributed by atoms with E-state index < -0.39 is 0 Å². The zero-order chi connectivity index (χ0) is 21.9. The first-order valence-corrected chi connectivity index (χ1v) is 12.1. The summed E-state index contributed by atoms with van der Waals surface area (Å²) in [7, 11) is 0. The summed E-state index contributed by atoms with van der Waals surface area (Å²) in [5.74, 6) is 0.873. The molecule has 2 fully saturated rings. The fourth-order valence-corrected chi connectivity index (χ4v) is 5.50. The Kier molecular flexibility index (Phi) is 6.12. The summed E-state index contributed by atoms with van der Waals surface area (Å²) in [6.07, 6.45) is 10.5. The van der Waals surface area contributed by atoms with Gasteiger partial charge in [0.1, 0.15) is 11.8 Å². The predicted molar refractivity (Wildman–Crippen MR) is 132 cm³/mol. The number of anilines is 1. The van der Waals surface area contributed by atoms with E-state index in [-0.39, 0.29) is 12.1 Å². The van der Waals surface area contributed by atoms with E-state index in [1.807, 2.05) is 37.4 Å². The van der Waals surface area contributed by atoms with Gasteiger partial charge in [-0.3, -0.25) is 4.98 Å². The lowest BCUT2D eigenvalue weighted by atomic mass is 9.94. The summed E-state index contributed by atoms with van der Waals surface area (Å²) >= 11 is 5.88. The highest BCUT2D eigenvalue weighted by molar-refractivity contribution is 7.80. The quantitative estimate of drug-likeness (QED) is 0.473. The molecule has 166 valence electrons. The van der Waals surface area contributed by atoms with Crippen LogP contribution < -0.4 is 15.0 Å². The van der Waals surface area contributed by atoms with Gasteiger partial charge in [-0.1, -0.05) is 25.3 Å². The first-order chi connectivity index (χ1) is 15.8. The van der Waals surface area contributed by atoms with Crippen molar-refractivity contribution in [3.63, 3.8) is 0 Å². The van der Waals surface area contributed by atoms with Crippen LogP contribution in [0.5, 0.6) is 5.75 Å². The van der Waals surface area contributed by atoms with Gasteiger partial charge >= 0.3 is 0 Å². The van der Waals surface area contributed by atoms with Crippen LogP contribution in [0.2, 0.25) is 0 Å². The van der Waals surface area contributed by atoms with E-state index in [1.165, 1.54) is 37.8 Å². The number of pyridine rings is 1. The number of thiocarbonyl (C=S) groups is 1. The minimum absolute atomic E-state index is 0.0206. The Bertz CT molecular complexity index is 1040. The maximum Gasteiger partial charge on any atom is 0.174 e. The highest BCUT2D eigenvalue weighted by atomic mass is 32.1. The smallest absolute Gasteiger partial charge is 0.174 e. The molecule has 2 aromatic heterocycles. The summed E-state index contributed by atoms with van der Waals surface area (Å²) in [5.41, 5.74) is 3.35. The molecule has 0 amide bonds. The molecule has 1 aliphatic carbocycles. The van der Waals surface area contributed by atoms with Crippen LogP contribution in [0.15, 0.2) is 67.0 Å². The summed E-state index contributed by atoms with van der Waals surface area (Å²) in [4.78, 5) is 6.94. The van der Waals surface area contributed by atoms with Gasteiger partial charge in [-0.2, -0.15) is 0 Å². The van der Waals surface area contributed by atoms with Gasteiger partial charge < -0.3 is 19.5 Å². The van der Waals surface area contributed by atoms with Crippen molar-refractivity contribution in [3.8, 4) is 5.75 Å². The van der Waals surface area contributed by atoms with Crippen molar-refractivity contribution in [1.29, 1.82) is 0 Å². The maximum absolute atomic E-state index is 5.88. The van der Waals surface area contributed by atoms with Crippen molar-refractivity contribution in [2.75, 3.05) is 11.5 Å². The highest BCUT2D eigenvalue weighted by Gasteiger charge is 2.42. The van der Waals surface area contributed by atoms with Crippen LogP contribution in [-0.4, -0.2) is 21.3 Å². The largest absolute Gasteiger partial charge is 0.494 e. The van der Waals surface area contributed by atoms with Crippen molar-refractivity contribution in [2.45, 2.75) is 57.2 Å². The van der Waals surface area contributed by atoms with Gasteiger partial charge in [-0.25, -0.2) is 0 Å². The lowest BCUT2D eigenvalue weighted by Crippen LogP contribution is -2.31. The average molecular weight is 447 g/mol. The monoisotopic (exact) mass is 446 g/mol. The number of benzene rings is 1. The van der Waals surface area contributed by atoms with Gasteiger partial charge in [0.05, 0.1) is 18.3 Å².